The first-order chi connectivity index (χ1) is 7.84. The average Bonchev–Trinajstić information content (AvgIpc) is 2.25. The quantitative estimate of drug-likeness (QED) is 0.701. The summed E-state index contributed by atoms with van der Waals surface area (Å²) in [4.78, 5) is 0. The second kappa shape index (κ2) is 5.48. The third-order valence-corrected chi connectivity index (χ3v) is 2.47. The van der Waals surface area contributed by atoms with E-state index in [-0.39, 0.29) is 6.42 Å². The molecule has 0 spiro atoms. The van der Waals surface area contributed by atoms with E-state index in [9.17, 15) is 13.2 Å². The number of rotatable bonds is 4. The molecule has 0 heterocycles. The number of likely N-dealkylation sites (N-methyl/N-ethyl adjacent to an activating group) is 1. The van der Waals surface area contributed by atoms with Gasteiger partial charge in [-0.3, -0.25) is 0 Å². The number of benzene rings is 1. The maximum absolute atomic E-state index is 12.3. The lowest BCUT2D eigenvalue weighted by molar-refractivity contribution is -0.137. The highest BCUT2D eigenvalue weighted by Gasteiger charge is 2.30. The Kier molecular flexibility index (Phi) is 4.50. The van der Waals surface area contributed by atoms with Crippen LogP contribution < -0.4 is 5.32 Å². The van der Waals surface area contributed by atoms with Crippen LogP contribution in [0.25, 0.3) is 0 Å². The van der Waals surface area contributed by atoms with Gasteiger partial charge in [-0.2, -0.15) is 13.2 Å². The summed E-state index contributed by atoms with van der Waals surface area (Å²) in [5, 5.41) is 20.6. The van der Waals surface area contributed by atoms with E-state index in [2.05, 4.69) is 5.32 Å². The monoisotopic (exact) mass is 249 g/mol. The number of halogens is 3. The lowest BCUT2D eigenvalue weighted by Gasteiger charge is -2.18. The van der Waals surface area contributed by atoms with Crippen LogP contribution in [-0.2, 0) is 12.6 Å². The van der Waals surface area contributed by atoms with E-state index in [1.807, 2.05) is 0 Å². The van der Waals surface area contributed by atoms with Crippen molar-refractivity contribution < 1.29 is 23.4 Å². The zero-order chi connectivity index (χ0) is 13.1. The van der Waals surface area contributed by atoms with Gasteiger partial charge in [0.15, 0.2) is 6.29 Å². The fourth-order valence-electron chi connectivity index (χ4n) is 1.44. The predicted octanol–water partition coefficient (Wildman–Crippen LogP) is 1.15. The zero-order valence-corrected chi connectivity index (χ0v) is 9.20. The molecular formula is C11H14F3NO2. The molecule has 96 valence electrons. The highest BCUT2D eigenvalue weighted by atomic mass is 19.4. The first kappa shape index (κ1) is 14.0. The molecule has 0 fully saturated rings. The van der Waals surface area contributed by atoms with Crippen molar-refractivity contribution in [3.8, 4) is 0 Å². The summed E-state index contributed by atoms with van der Waals surface area (Å²) in [5.74, 6) is 0. The smallest absolute Gasteiger partial charge is 0.367 e. The van der Waals surface area contributed by atoms with Crippen LogP contribution in [0.3, 0.4) is 0 Å². The zero-order valence-electron chi connectivity index (χ0n) is 9.20. The largest absolute Gasteiger partial charge is 0.416 e. The summed E-state index contributed by atoms with van der Waals surface area (Å²) in [6.45, 7) is 0. The molecule has 1 unspecified atom stereocenters. The van der Waals surface area contributed by atoms with Gasteiger partial charge in [-0.25, -0.2) is 0 Å². The molecule has 0 aromatic heterocycles. The molecule has 0 bridgehead atoms. The Bertz CT molecular complexity index is 349. The van der Waals surface area contributed by atoms with Crippen LogP contribution in [0, 0.1) is 0 Å². The van der Waals surface area contributed by atoms with Gasteiger partial charge in [0.1, 0.15) is 0 Å². The topological polar surface area (TPSA) is 52.5 Å². The van der Waals surface area contributed by atoms with Gasteiger partial charge in [0.05, 0.1) is 11.6 Å². The lowest BCUT2D eigenvalue weighted by Crippen LogP contribution is -2.39. The molecule has 3 nitrogen and oxygen atoms in total. The van der Waals surface area contributed by atoms with E-state index < -0.39 is 24.1 Å². The molecule has 0 saturated carbocycles. The van der Waals surface area contributed by atoms with Crippen molar-refractivity contribution in [2.75, 3.05) is 7.05 Å². The van der Waals surface area contributed by atoms with Crippen molar-refractivity contribution >= 4 is 0 Å². The van der Waals surface area contributed by atoms with Crippen LogP contribution in [0.4, 0.5) is 13.2 Å². The molecular weight excluding hydrogens is 235 g/mol. The summed E-state index contributed by atoms with van der Waals surface area (Å²) in [6, 6.07) is 4.01. The Morgan fingerprint density at radius 1 is 1.18 bits per heavy atom. The van der Waals surface area contributed by atoms with Crippen LogP contribution in [0.2, 0.25) is 0 Å². The van der Waals surface area contributed by atoms with Crippen LogP contribution >= 0.6 is 0 Å². The second-order valence-electron chi connectivity index (χ2n) is 3.71. The van der Waals surface area contributed by atoms with Gasteiger partial charge in [0.25, 0.3) is 0 Å². The molecule has 0 aliphatic carbocycles. The van der Waals surface area contributed by atoms with Crippen LogP contribution in [0.1, 0.15) is 11.1 Å². The van der Waals surface area contributed by atoms with Gasteiger partial charge in [-0.1, -0.05) is 12.1 Å². The molecule has 1 aromatic rings. The molecule has 17 heavy (non-hydrogen) atoms. The van der Waals surface area contributed by atoms with Gasteiger partial charge in [0.2, 0.25) is 0 Å². The van der Waals surface area contributed by atoms with Crippen molar-refractivity contribution in [3.05, 3.63) is 35.4 Å². The van der Waals surface area contributed by atoms with Crippen LogP contribution in [0.5, 0.6) is 0 Å². The van der Waals surface area contributed by atoms with Crippen molar-refractivity contribution in [1.29, 1.82) is 0 Å². The highest BCUT2D eigenvalue weighted by Crippen LogP contribution is 2.29. The molecule has 3 N–H and O–H groups in total. The van der Waals surface area contributed by atoms with Gasteiger partial charge in [0, 0.05) is 0 Å². The van der Waals surface area contributed by atoms with Crippen molar-refractivity contribution in [3.63, 3.8) is 0 Å². The van der Waals surface area contributed by atoms with Gasteiger partial charge in [-0.05, 0) is 31.2 Å². The Labute approximate surface area is 96.9 Å². The van der Waals surface area contributed by atoms with Crippen molar-refractivity contribution in [2.45, 2.75) is 24.9 Å². The van der Waals surface area contributed by atoms with E-state index in [1.54, 1.807) is 7.05 Å². The number of aliphatic hydroxyl groups excluding tert-OH is 1. The maximum atomic E-state index is 12.3. The SMILES string of the molecule is CNC(Cc1ccc(C(F)(F)F)cc1)C(O)O. The number of nitrogens with one attached hydrogen (secondary N) is 1. The minimum absolute atomic E-state index is 0.242. The Hall–Kier alpha value is -1.11. The Morgan fingerprint density at radius 3 is 2.06 bits per heavy atom. The molecule has 0 saturated heterocycles. The molecule has 1 atom stereocenters. The third kappa shape index (κ3) is 3.99. The van der Waals surface area contributed by atoms with Crippen LogP contribution in [0.15, 0.2) is 24.3 Å². The van der Waals surface area contributed by atoms with E-state index >= 15 is 0 Å². The molecule has 1 aromatic carbocycles. The van der Waals surface area contributed by atoms with Gasteiger partial charge < -0.3 is 15.5 Å². The van der Waals surface area contributed by atoms with E-state index in [0.29, 0.717) is 5.56 Å². The van der Waals surface area contributed by atoms with Gasteiger partial charge >= 0.3 is 6.18 Å². The van der Waals surface area contributed by atoms with E-state index in [4.69, 9.17) is 10.2 Å². The molecule has 0 aliphatic rings. The lowest BCUT2D eigenvalue weighted by atomic mass is 10.0. The Morgan fingerprint density at radius 2 is 1.71 bits per heavy atom. The normalized spacial score (nSPS) is 14.1. The molecule has 0 radical (unpaired) electrons. The highest BCUT2D eigenvalue weighted by molar-refractivity contribution is 5.25. The summed E-state index contributed by atoms with van der Waals surface area (Å²) >= 11 is 0. The number of hydrogen-bond acceptors (Lipinski definition) is 3. The minimum Gasteiger partial charge on any atom is -0.367 e. The summed E-state index contributed by atoms with van der Waals surface area (Å²) in [7, 11) is 1.55. The third-order valence-electron chi connectivity index (χ3n) is 2.47. The molecule has 1 rings (SSSR count). The second-order valence-corrected chi connectivity index (χ2v) is 3.71. The minimum atomic E-state index is -4.35. The number of alkyl halides is 3. The fraction of sp³-hybridized carbons (Fsp3) is 0.455. The standard InChI is InChI=1S/C11H14F3NO2/c1-15-9(10(16)17)6-7-2-4-8(5-3-7)11(12,13)14/h2-5,9-10,15-17H,6H2,1H3. The van der Waals surface area contributed by atoms with Crippen molar-refractivity contribution in [2.24, 2.45) is 0 Å². The van der Waals surface area contributed by atoms with E-state index in [1.165, 1.54) is 12.1 Å². The summed E-state index contributed by atoms with van der Waals surface area (Å²) < 4.78 is 36.9. The summed E-state index contributed by atoms with van der Waals surface area (Å²) in [5.41, 5.74) is -0.114. The molecule has 6 heteroatoms. The van der Waals surface area contributed by atoms with Crippen molar-refractivity contribution in [1.82, 2.24) is 5.32 Å². The van der Waals surface area contributed by atoms with Crippen LogP contribution in [-0.4, -0.2) is 29.6 Å². The molecule has 0 amide bonds. The van der Waals surface area contributed by atoms with E-state index in [0.717, 1.165) is 12.1 Å². The maximum Gasteiger partial charge on any atom is 0.416 e. The average molecular weight is 249 g/mol. The Balaban J connectivity index is 2.75. The fourth-order valence-corrected chi connectivity index (χ4v) is 1.44. The first-order valence-corrected chi connectivity index (χ1v) is 5.04. The number of aliphatic hydroxyl groups is 2. The first-order valence-electron chi connectivity index (χ1n) is 5.04. The number of hydrogen-bond donors (Lipinski definition) is 3. The summed E-state index contributed by atoms with van der Waals surface area (Å²) in [6.07, 6.45) is -5.66. The predicted molar refractivity (Wildman–Crippen MR) is 56.2 cm³/mol. The molecule has 0 aliphatic heterocycles. The van der Waals surface area contributed by atoms with Gasteiger partial charge in [-0.15, -0.1) is 0 Å².